The van der Waals surface area contributed by atoms with E-state index < -0.39 is 22.2 Å². The number of benzene rings is 2. The molecule has 7 heteroatoms. The van der Waals surface area contributed by atoms with Crippen LogP contribution in [0.2, 0.25) is 0 Å². The molecule has 0 unspecified atom stereocenters. The molecule has 0 saturated carbocycles. The van der Waals surface area contributed by atoms with Gasteiger partial charge in [0, 0.05) is 30.4 Å². The maximum atomic E-state index is 13.4. The Balaban J connectivity index is 2.11. The van der Waals surface area contributed by atoms with E-state index >= 15 is 0 Å². The fraction of sp³-hybridized carbons (Fsp3) is 0.0769. The van der Waals surface area contributed by atoms with E-state index in [1.54, 1.807) is 0 Å². The van der Waals surface area contributed by atoms with Crippen molar-refractivity contribution in [3.8, 4) is 5.75 Å². The fourth-order valence-corrected chi connectivity index (χ4v) is 1.70. The van der Waals surface area contributed by atoms with Crippen molar-refractivity contribution in [2.75, 3.05) is 5.32 Å². The Morgan fingerprint density at radius 2 is 1.95 bits per heavy atom. The van der Waals surface area contributed by atoms with Crippen LogP contribution < -0.4 is 5.32 Å². The Hall–Kier alpha value is -2.70. The molecule has 104 valence electrons. The van der Waals surface area contributed by atoms with E-state index in [2.05, 4.69) is 5.32 Å². The van der Waals surface area contributed by atoms with Crippen molar-refractivity contribution in [2.24, 2.45) is 0 Å². The molecule has 20 heavy (non-hydrogen) atoms. The van der Waals surface area contributed by atoms with Gasteiger partial charge in [-0.05, 0) is 23.8 Å². The standard InChI is InChI=1S/C13H10F2N2O3/c14-9-3-8(4-11(18)5-9)7-16-10-1-2-13(17(19)20)12(15)6-10/h1-6,16,18H,7H2. The molecular formula is C13H10F2N2O3. The van der Waals surface area contributed by atoms with Crippen LogP contribution in [-0.4, -0.2) is 10.0 Å². The van der Waals surface area contributed by atoms with Crippen molar-refractivity contribution in [1.29, 1.82) is 0 Å². The lowest BCUT2D eigenvalue weighted by Crippen LogP contribution is -2.01. The summed E-state index contributed by atoms with van der Waals surface area (Å²) >= 11 is 0. The second-order valence-corrected chi connectivity index (χ2v) is 4.09. The SMILES string of the molecule is O=[N+]([O-])c1ccc(NCc2cc(O)cc(F)c2)cc1F. The molecule has 2 aromatic rings. The molecule has 0 aliphatic rings. The van der Waals surface area contributed by atoms with Gasteiger partial charge in [-0.3, -0.25) is 10.1 Å². The van der Waals surface area contributed by atoms with E-state index in [4.69, 9.17) is 0 Å². The minimum atomic E-state index is -0.956. The Kier molecular flexibility index (Phi) is 3.79. The summed E-state index contributed by atoms with van der Waals surface area (Å²) in [5.41, 5.74) is 0.164. The second-order valence-electron chi connectivity index (χ2n) is 4.09. The zero-order valence-corrected chi connectivity index (χ0v) is 10.1. The number of hydrogen-bond donors (Lipinski definition) is 2. The van der Waals surface area contributed by atoms with E-state index in [9.17, 15) is 24.0 Å². The summed E-state index contributed by atoms with van der Waals surface area (Å²) in [5.74, 6) is -1.75. The van der Waals surface area contributed by atoms with Gasteiger partial charge in [0.05, 0.1) is 4.92 Å². The summed E-state index contributed by atoms with van der Waals surface area (Å²) in [6.07, 6.45) is 0. The first-order valence-electron chi connectivity index (χ1n) is 5.62. The van der Waals surface area contributed by atoms with Gasteiger partial charge in [0.1, 0.15) is 11.6 Å². The van der Waals surface area contributed by atoms with E-state index in [-0.39, 0.29) is 12.3 Å². The van der Waals surface area contributed by atoms with Gasteiger partial charge in [-0.2, -0.15) is 4.39 Å². The fourth-order valence-electron chi connectivity index (χ4n) is 1.70. The molecule has 0 aliphatic carbocycles. The zero-order chi connectivity index (χ0) is 14.7. The van der Waals surface area contributed by atoms with Crippen molar-refractivity contribution in [3.63, 3.8) is 0 Å². The molecule has 0 amide bonds. The third-order valence-electron chi connectivity index (χ3n) is 2.58. The third kappa shape index (κ3) is 3.19. The van der Waals surface area contributed by atoms with Gasteiger partial charge in [-0.25, -0.2) is 4.39 Å². The molecule has 0 aliphatic heterocycles. The smallest absolute Gasteiger partial charge is 0.304 e. The molecule has 2 N–H and O–H groups in total. The molecule has 2 rings (SSSR count). The molecular weight excluding hydrogens is 270 g/mol. The predicted molar refractivity (Wildman–Crippen MR) is 68.4 cm³/mol. The van der Waals surface area contributed by atoms with Crippen LogP contribution >= 0.6 is 0 Å². The molecule has 0 fully saturated rings. The maximum absolute atomic E-state index is 13.4. The number of hydrogen-bond acceptors (Lipinski definition) is 4. The van der Waals surface area contributed by atoms with Crippen LogP contribution in [0.25, 0.3) is 0 Å². The third-order valence-corrected chi connectivity index (χ3v) is 2.58. The molecule has 0 atom stereocenters. The Morgan fingerprint density at radius 3 is 2.55 bits per heavy atom. The number of phenolic OH excluding ortho intramolecular Hbond substituents is 1. The van der Waals surface area contributed by atoms with E-state index in [1.165, 1.54) is 18.2 Å². The Morgan fingerprint density at radius 1 is 1.20 bits per heavy atom. The maximum Gasteiger partial charge on any atom is 0.304 e. The number of anilines is 1. The largest absolute Gasteiger partial charge is 0.508 e. The van der Waals surface area contributed by atoms with Crippen LogP contribution in [0.5, 0.6) is 5.75 Å². The minimum Gasteiger partial charge on any atom is -0.508 e. The van der Waals surface area contributed by atoms with Gasteiger partial charge in [0.15, 0.2) is 0 Å². The average molecular weight is 280 g/mol. The van der Waals surface area contributed by atoms with E-state index in [0.29, 0.717) is 11.3 Å². The quantitative estimate of drug-likeness (QED) is 0.666. The van der Waals surface area contributed by atoms with Crippen molar-refractivity contribution in [3.05, 3.63) is 63.7 Å². The van der Waals surface area contributed by atoms with Crippen LogP contribution in [0, 0.1) is 21.7 Å². The van der Waals surface area contributed by atoms with Crippen molar-refractivity contribution < 1.29 is 18.8 Å². The topological polar surface area (TPSA) is 75.4 Å². The van der Waals surface area contributed by atoms with Gasteiger partial charge in [0.2, 0.25) is 5.82 Å². The van der Waals surface area contributed by atoms with E-state index in [1.807, 2.05) is 0 Å². The lowest BCUT2D eigenvalue weighted by molar-refractivity contribution is -0.387. The summed E-state index contributed by atoms with van der Waals surface area (Å²) in [7, 11) is 0. The van der Waals surface area contributed by atoms with Crippen molar-refractivity contribution in [1.82, 2.24) is 0 Å². The second kappa shape index (κ2) is 5.52. The first-order valence-corrected chi connectivity index (χ1v) is 5.62. The minimum absolute atomic E-state index is 0.141. The molecule has 0 bridgehead atoms. The highest BCUT2D eigenvalue weighted by Crippen LogP contribution is 2.22. The molecule has 0 heterocycles. The highest BCUT2D eigenvalue weighted by molar-refractivity contribution is 5.50. The number of aromatic hydroxyl groups is 1. The van der Waals surface area contributed by atoms with Crippen molar-refractivity contribution in [2.45, 2.75) is 6.54 Å². The van der Waals surface area contributed by atoms with Crippen LogP contribution in [-0.2, 0) is 6.54 Å². The monoisotopic (exact) mass is 280 g/mol. The zero-order valence-electron chi connectivity index (χ0n) is 10.1. The molecule has 5 nitrogen and oxygen atoms in total. The molecule has 2 aromatic carbocycles. The lowest BCUT2D eigenvalue weighted by atomic mass is 10.2. The van der Waals surface area contributed by atoms with Gasteiger partial charge in [-0.15, -0.1) is 0 Å². The van der Waals surface area contributed by atoms with Crippen molar-refractivity contribution >= 4 is 11.4 Å². The van der Waals surface area contributed by atoms with Gasteiger partial charge < -0.3 is 10.4 Å². The number of phenols is 1. The highest BCUT2D eigenvalue weighted by atomic mass is 19.1. The summed E-state index contributed by atoms with van der Waals surface area (Å²) < 4.78 is 26.4. The number of rotatable bonds is 4. The molecule has 0 radical (unpaired) electrons. The summed E-state index contributed by atoms with van der Waals surface area (Å²) in [6.45, 7) is 0.141. The lowest BCUT2D eigenvalue weighted by Gasteiger charge is -2.07. The first kappa shape index (κ1) is 13.7. The summed E-state index contributed by atoms with van der Waals surface area (Å²) in [6, 6.07) is 6.92. The number of nitrogens with one attached hydrogen (secondary N) is 1. The Bertz CT molecular complexity index is 642. The van der Waals surface area contributed by atoms with Gasteiger partial charge in [-0.1, -0.05) is 0 Å². The highest BCUT2D eigenvalue weighted by Gasteiger charge is 2.13. The predicted octanol–water partition coefficient (Wildman–Crippen LogP) is 3.19. The molecule has 0 spiro atoms. The Labute approximate surface area is 112 Å². The molecule has 0 saturated heterocycles. The van der Waals surface area contributed by atoms with Crippen LogP contribution in [0.3, 0.4) is 0 Å². The van der Waals surface area contributed by atoms with Crippen LogP contribution in [0.1, 0.15) is 5.56 Å². The van der Waals surface area contributed by atoms with Gasteiger partial charge >= 0.3 is 5.69 Å². The summed E-state index contributed by atoms with van der Waals surface area (Å²) in [4.78, 5) is 9.65. The average Bonchev–Trinajstić information content (AvgIpc) is 2.35. The number of halogens is 2. The van der Waals surface area contributed by atoms with Crippen LogP contribution in [0.15, 0.2) is 36.4 Å². The van der Waals surface area contributed by atoms with E-state index in [0.717, 1.165) is 18.2 Å². The number of nitrogens with zero attached hydrogens (tertiary/aromatic N) is 1. The van der Waals surface area contributed by atoms with Gasteiger partial charge in [0.25, 0.3) is 0 Å². The molecule has 0 aromatic heterocycles. The number of nitro groups is 1. The number of nitro benzene ring substituents is 1. The first-order chi connectivity index (χ1) is 9.45. The normalized spacial score (nSPS) is 10.3. The summed E-state index contributed by atoms with van der Waals surface area (Å²) in [5, 5.41) is 22.5. The van der Waals surface area contributed by atoms with Crippen LogP contribution in [0.4, 0.5) is 20.2 Å².